The minimum absolute atomic E-state index is 0. The molecule has 9 heteroatoms. The molecule has 1 aromatic heterocycles. The van der Waals surface area contributed by atoms with Gasteiger partial charge in [-0.15, -0.1) is 24.0 Å². The lowest BCUT2D eigenvalue weighted by Gasteiger charge is -2.21. The normalized spacial score (nSPS) is 17.5. The molecule has 1 fully saturated rings. The molecule has 0 spiro atoms. The Balaban J connectivity index is 0.00000280. The molecule has 154 valence electrons. The molecule has 5 nitrogen and oxygen atoms in total. The summed E-state index contributed by atoms with van der Waals surface area (Å²) in [5, 5.41) is 6.74. The molecule has 0 bridgehead atoms. The molecule has 3 rings (SSSR count). The lowest BCUT2D eigenvalue weighted by Crippen LogP contribution is -2.40. The smallest absolute Gasteiger partial charge is 0.357 e. The van der Waals surface area contributed by atoms with Crippen LogP contribution in [0.3, 0.4) is 0 Å². The van der Waals surface area contributed by atoms with Gasteiger partial charge in [0.1, 0.15) is 0 Å². The SMILES string of the molecule is CCNC(=NCc1cn(C)nc1C(F)(F)F)N1CCC(c2ccccc2)C1.I. The molecule has 1 aliphatic heterocycles. The van der Waals surface area contributed by atoms with Crippen LogP contribution in [0.15, 0.2) is 41.5 Å². The van der Waals surface area contributed by atoms with Crippen molar-refractivity contribution in [2.24, 2.45) is 12.0 Å². The number of nitrogens with one attached hydrogen (secondary N) is 1. The Kier molecular flexibility index (Phi) is 7.73. The second kappa shape index (κ2) is 9.62. The third-order valence-corrected chi connectivity index (χ3v) is 4.67. The van der Waals surface area contributed by atoms with Crippen molar-refractivity contribution in [3.63, 3.8) is 0 Å². The minimum atomic E-state index is -4.48. The highest BCUT2D eigenvalue weighted by atomic mass is 127. The van der Waals surface area contributed by atoms with Gasteiger partial charge in [-0.2, -0.15) is 18.3 Å². The molecular formula is C19H25F3IN5. The van der Waals surface area contributed by atoms with Gasteiger partial charge in [0.2, 0.25) is 0 Å². The van der Waals surface area contributed by atoms with Crippen molar-refractivity contribution in [2.75, 3.05) is 19.6 Å². The number of hydrogen-bond donors (Lipinski definition) is 1. The highest BCUT2D eigenvalue weighted by molar-refractivity contribution is 14.0. The van der Waals surface area contributed by atoms with Gasteiger partial charge < -0.3 is 10.2 Å². The molecule has 28 heavy (non-hydrogen) atoms. The summed E-state index contributed by atoms with van der Waals surface area (Å²) >= 11 is 0. The van der Waals surface area contributed by atoms with E-state index in [4.69, 9.17) is 0 Å². The van der Waals surface area contributed by atoms with E-state index in [1.165, 1.54) is 23.5 Å². The van der Waals surface area contributed by atoms with Gasteiger partial charge in [0.15, 0.2) is 11.7 Å². The van der Waals surface area contributed by atoms with E-state index in [0.717, 1.165) is 19.5 Å². The van der Waals surface area contributed by atoms with Crippen molar-refractivity contribution in [2.45, 2.75) is 32.0 Å². The number of aryl methyl sites for hydroxylation is 1. The monoisotopic (exact) mass is 507 g/mol. The van der Waals surface area contributed by atoms with Crippen molar-refractivity contribution in [1.82, 2.24) is 20.0 Å². The molecule has 0 aliphatic carbocycles. The van der Waals surface area contributed by atoms with Gasteiger partial charge >= 0.3 is 6.18 Å². The first-order valence-corrected chi connectivity index (χ1v) is 9.06. The lowest BCUT2D eigenvalue weighted by molar-refractivity contribution is -0.142. The fraction of sp³-hybridized carbons (Fsp3) is 0.474. The van der Waals surface area contributed by atoms with Gasteiger partial charge in [-0.05, 0) is 18.9 Å². The molecule has 2 heterocycles. The maximum absolute atomic E-state index is 13.1. The van der Waals surface area contributed by atoms with Crippen molar-refractivity contribution in [1.29, 1.82) is 0 Å². The van der Waals surface area contributed by atoms with Crippen molar-refractivity contribution in [3.05, 3.63) is 53.3 Å². The van der Waals surface area contributed by atoms with Crippen LogP contribution >= 0.6 is 24.0 Å². The van der Waals surface area contributed by atoms with Gasteiger partial charge in [0.25, 0.3) is 0 Å². The summed E-state index contributed by atoms with van der Waals surface area (Å²) in [7, 11) is 1.48. The summed E-state index contributed by atoms with van der Waals surface area (Å²) in [6, 6.07) is 10.3. The standard InChI is InChI=1S/C19H24F3N5.HI/c1-3-23-18(24-11-16-12-26(2)25-17(16)19(20,21)22)27-10-9-15(13-27)14-7-5-4-6-8-14;/h4-8,12,15H,3,9-11,13H2,1-2H3,(H,23,24);1H. The maximum atomic E-state index is 13.1. The largest absolute Gasteiger partial charge is 0.435 e. The lowest BCUT2D eigenvalue weighted by atomic mass is 9.99. The molecular weight excluding hydrogens is 482 g/mol. The molecule has 1 aliphatic rings. The van der Waals surface area contributed by atoms with E-state index in [1.807, 2.05) is 25.1 Å². The van der Waals surface area contributed by atoms with Gasteiger partial charge in [-0.25, -0.2) is 4.99 Å². The average molecular weight is 507 g/mol. The average Bonchev–Trinajstić information content (AvgIpc) is 3.26. The number of nitrogens with zero attached hydrogens (tertiary/aromatic N) is 4. The number of hydrogen-bond acceptors (Lipinski definition) is 2. The predicted octanol–water partition coefficient (Wildman–Crippen LogP) is 4.01. The number of aromatic nitrogens is 2. The van der Waals surface area contributed by atoms with E-state index >= 15 is 0 Å². The van der Waals surface area contributed by atoms with Crippen LogP contribution in [0.5, 0.6) is 0 Å². The fourth-order valence-electron chi connectivity index (χ4n) is 3.43. The summed E-state index contributed by atoms with van der Waals surface area (Å²) in [4.78, 5) is 6.58. The van der Waals surface area contributed by atoms with Gasteiger partial charge in [-0.1, -0.05) is 30.3 Å². The summed E-state index contributed by atoms with van der Waals surface area (Å²) in [5.74, 6) is 1.05. The topological polar surface area (TPSA) is 45.5 Å². The van der Waals surface area contributed by atoms with E-state index in [1.54, 1.807) is 0 Å². The Morgan fingerprint density at radius 3 is 2.64 bits per heavy atom. The Morgan fingerprint density at radius 2 is 2.00 bits per heavy atom. The van der Waals surface area contributed by atoms with Crippen LogP contribution in [0.2, 0.25) is 0 Å². The Hall–Kier alpha value is -1.78. The first-order chi connectivity index (χ1) is 12.9. The van der Waals surface area contributed by atoms with Crippen LogP contribution in [-0.4, -0.2) is 40.3 Å². The Labute approximate surface area is 180 Å². The van der Waals surface area contributed by atoms with Crippen molar-refractivity contribution >= 4 is 29.9 Å². The highest BCUT2D eigenvalue weighted by Crippen LogP contribution is 2.31. The molecule has 1 unspecified atom stereocenters. The number of guanidine groups is 1. The number of rotatable bonds is 4. The predicted molar refractivity (Wildman–Crippen MR) is 114 cm³/mol. The van der Waals surface area contributed by atoms with Crippen molar-refractivity contribution in [3.8, 4) is 0 Å². The van der Waals surface area contributed by atoms with E-state index in [0.29, 0.717) is 18.4 Å². The van der Waals surface area contributed by atoms with Gasteiger partial charge in [0.05, 0.1) is 6.54 Å². The third kappa shape index (κ3) is 5.39. The number of aliphatic imine (C=N–C) groups is 1. The van der Waals surface area contributed by atoms with Crippen LogP contribution in [0.1, 0.15) is 36.1 Å². The van der Waals surface area contributed by atoms with E-state index in [2.05, 4.69) is 32.4 Å². The number of alkyl halides is 3. The maximum Gasteiger partial charge on any atom is 0.435 e. The molecule has 1 N–H and O–H groups in total. The summed E-state index contributed by atoms with van der Waals surface area (Å²) < 4.78 is 40.6. The van der Waals surface area contributed by atoms with Crippen LogP contribution in [0.4, 0.5) is 13.2 Å². The molecule has 1 atom stereocenters. The zero-order valence-electron chi connectivity index (χ0n) is 15.9. The van der Waals surface area contributed by atoms with Crippen LogP contribution in [-0.2, 0) is 19.8 Å². The molecule has 2 aromatic rings. The Bertz CT molecular complexity index is 789. The fourth-order valence-corrected chi connectivity index (χ4v) is 3.43. The van der Waals surface area contributed by atoms with Crippen LogP contribution in [0, 0.1) is 0 Å². The van der Waals surface area contributed by atoms with Crippen molar-refractivity contribution < 1.29 is 13.2 Å². The molecule has 0 saturated carbocycles. The second-order valence-corrected chi connectivity index (χ2v) is 6.69. The van der Waals surface area contributed by atoms with E-state index in [9.17, 15) is 13.2 Å². The zero-order chi connectivity index (χ0) is 19.4. The molecule has 0 radical (unpaired) electrons. The summed E-state index contributed by atoms with van der Waals surface area (Å²) in [6.07, 6.45) is -2.10. The second-order valence-electron chi connectivity index (χ2n) is 6.69. The van der Waals surface area contributed by atoms with Crippen LogP contribution < -0.4 is 5.32 Å². The molecule has 1 saturated heterocycles. The summed E-state index contributed by atoms with van der Waals surface area (Å²) in [5.41, 5.74) is 0.495. The summed E-state index contributed by atoms with van der Waals surface area (Å²) in [6.45, 7) is 4.17. The first kappa shape index (κ1) is 22.5. The molecule has 1 aromatic carbocycles. The molecule has 0 amide bonds. The minimum Gasteiger partial charge on any atom is -0.357 e. The highest BCUT2D eigenvalue weighted by Gasteiger charge is 2.37. The number of likely N-dealkylation sites (tertiary alicyclic amines) is 1. The Morgan fingerprint density at radius 1 is 1.29 bits per heavy atom. The third-order valence-electron chi connectivity index (χ3n) is 4.67. The van der Waals surface area contributed by atoms with Gasteiger partial charge in [-0.3, -0.25) is 4.68 Å². The number of halogens is 4. The number of benzene rings is 1. The van der Waals surface area contributed by atoms with E-state index in [-0.39, 0.29) is 36.1 Å². The van der Waals surface area contributed by atoms with Gasteiger partial charge in [0, 0.05) is 44.4 Å². The van der Waals surface area contributed by atoms with Crippen LogP contribution in [0.25, 0.3) is 0 Å². The van der Waals surface area contributed by atoms with E-state index < -0.39 is 11.9 Å². The quantitative estimate of drug-likeness (QED) is 0.387. The first-order valence-electron chi connectivity index (χ1n) is 9.06. The zero-order valence-corrected chi connectivity index (χ0v) is 18.2.